The van der Waals surface area contributed by atoms with Crippen LogP contribution in [0.5, 0.6) is 11.5 Å². The quantitative estimate of drug-likeness (QED) is 0.547. The number of thiophene rings is 2. The van der Waals surface area contributed by atoms with E-state index in [1.165, 1.54) is 5.01 Å². The Morgan fingerprint density at radius 2 is 1.87 bits per heavy atom. The van der Waals surface area contributed by atoms with Gasteiger partial charge < -0.3 is 14.2 Å². The van der Waals surface area contributed by atoms with E-state index in [9.17, 15) is 9.59 Å². The zero-order valence-electron chi connectivity index (χ0n) is 16.3. The van der Waals surface area contributed by atoms with Gasteiger partial charge in [-0.15, -0.1) is 22.7 Å². The molecule has 1 amide bonds. The van der Waals surface area contributed by atoms with E-state index in [0.717, 1.165) is 15.5 Å². The lowest BCUT2D eigenvalue weighted by atomic mass is 10.1. The summed E-state index contributed by atoms with van der Waals surface area (Å²) >= 11 is 3.16. The van der Waals surface area contributed by atoms with Gasteiger partial charge in [0.1, 0.15) is 6.61 Å². The van der Waals surface area contributed by atoms with Crippen LogP contribution in [0.1, 0.15) is 22.2 Å². The highest BCUT2D eigenvalue weighted by atomic mass is 32.1. The van der Waals surface area contributed by atoms with Crippen molar-refractivity contribution in [2.45, 2.75) is 18.6 Å². The molecule has 0 saturated carbocycles. The van der Waals surface area contributed by atoms with Crippen LogP contribution in [-0.2, 0) is 14.3 Å². The first kappa shape index (κ1) is 19.8. The van der Waals surface area contributed by atoms with Gasteiger partial charge >= 0.3 is 5.97 Å². The SMILES string of the molecule is O=C(OCC(=O)N1N=C(c2cccs2)CC1c1cccs1)C1COc2ccccc2O1. The summed E-state index contributed by atoms with van der Waals surface area (Å²) in [4.78, 5) is 27.5. The van der Waals surface area contributed by atoms with Crippen molar-refractivity contribution in [2.75, 3.05) is 13.2 Å². The number of carbonyl (C=O) groups excluding carboxylic acids is 2. The lowest BCUT2D eigenvalue weighted by molar-refractivity contribution is -0.160. The van der Waals surface area contributed by atoms with E-state index in [1.54, 1.807) is 40.9 Å². The van der Waals surface area contributed by atoms with Gasteiger partial charge in [0, 0.05) is 11.3 Å². The molecule has 0 saturated heterocycles. The molecule has 4 heterocycles. The van der Waals surface area contributed by atoms with Crippen LogP contribution in [0.4, 0.5) is 0 Å². The standard InChI is InChI=1S/C22H18N2O5S2/c25-21(13-28-22(26)18-12-27-16-5-1-2-6-17(16)29-18)24-15(20-8-4-10-31-20)11-14(23-24)19-7-3-9-30-19/h1-10,15,18H,11-13H2. The normalized spacial score (nSPS) is 19.7. The maximum atomic E-state index is 12.9. The fraction of sp³-hybridized carbons (Fsp3) is 0.227. The van der Waals surface area contributed by atoms with E-state index in [1.807, 2.05) is 41.1 Å². The molecular formula is C22H18N2O5S2. The molecular weight excluding hydrogens is 436 g/mol. The summed E-state index contributed by atoms with van der Waals surface area (Å²) < 4.78 is 16.5. The Morgan fingerprint density at radius 1 is 1.06 bits per heavy atom. The fourth-order valence-electron chi connectivity index (χ4n) is 3.46. The first-order valence-corrected chi connectivity index (χ1v) is 11.5. The molecule has 2 unspecified atom stereocenters. The minimum atomic E-state index is -0.917. The second-order valence-electron chi connectivity index (χ2n) is 6.97. The van der Waals surface area contributed by atoms with E-state index in [2.05, 4.69) is 5.10 Å². The minimum Gasteiger partial charge on any atom is -0.485 e. The molecule has 1 aromatic carbocycles. The van der Waals surface area contributed by atoms with Gasteiger partial charge in [-0.3, -0.25) is 4.79 Å². The summed E-state index contributed by atoms with van der Waals surface area (Å²) in [7, 11) is 0. The molecule has 0 bridgehead atoms. The van der Waals surface area contributed by atoms with Gasteiger partial charge in [-0.1, -0.05) is 24.3 Å². The Balaban J connectivity index is 1.26. The molecule has 158 valence electrons. The zero-order chi connectivity index (χ0) is 21.2. The van der Waals surface area contributed by atoms with Gasteiger partial charge in [-0.2, -0.15) is 5.10 Å². The van der Waals surface area contributed by atoms with Gasteiger partial charge in [0.2, 0.25) is 6.10 Å². The third-order valence-corrected chi connectivity index (χ3v) is 6.84. The highest BCUT2D eigenvalue weighted by Crippen LogP contribution is 2.36. The smallest absolute Gasteiger partial charge is 0.351 e. The lowest BCUT2D eigenvalue weighted by Gasteiger charge is -2.25. The minimum absolute atomic E-state index is 0.0340. The van der Waals surface area contributed by atoms with Crippen LogP contribution in [0.25, 0.3) is 0 Å². The van der Waals surface area contributed by atoms with E-state index < -0.39 is 18.7 Å². The third-order valence-electron chi connectivity index (χ3n) is 4.95. The number of ether oxygens (including phenoxy) is 3. The molecule has 5 rings (SSSR count). The van der Waals surface area contributed by atoms with Crippen molar-refractivity contribution in [2.24, 2.45) is 5.10 Å². The molecule has 0 aliphatic carbocycles. The topological polar surface area (TPSA) is 77.4 Å². The van der Waals surface area contributed by atoms with E-state index >= 15 is 0 Å². The maximum absolute atomic E-state index is 12.9. The van der Waals surface area contributed by atoms with E-state index in [0.29, 0.717) is 17.9 Å². The summed E-state index contributed by atoms with van der Waals surface area (Å²) in [6, 6.07) is 14.8. The Morgan fingerprint density at radius 3 is 2.65 bits per heavy atom. The molecule has 2 aliphatic heterocycles. The molecule has 0 spiro atoms. The van der Waals surface area contributed by atoms with E-state index in [-0.39, 0.29) is 18.6 Å². The van der Waals surface area contributed by atoms with Crippen molar-refractivity contribution in [1.29, 1.82) is 0 Å². The molecule has 0 N–H and O–H groups in total. The number of carbonyl (C=O) groups is 2. The third kappa shape index (κ3) is 4.06. The molecule has 3 aromatic rings. The number of benzene rings is 1. The van der Waals surface area contributed by atoms with Crippen LogP contribution in [-0.4, -0.2) is 41.9 Å². The number of nitrogens with zero attached hydrogens (tertiary/aromatic N) is 2. The van der Waals surface area contributed by atoms with Crippen molar-refractivity contribution >= 4 is 40.3 Å². The second kappa shape index (κ2) is 8.52. The average Bonchev–Trinajstić information content (AvgIpc) is 3.57. The average molecular weight is 455 g/mol. The predicted octanol–water partition coefficient (Wildman–Crippen LogP) is 3.87. The van der Waals surface area contributed by atoms with Gasteiger partial charge in [0.15, 0.2) is 18.1 Å². The van der Waals surface area contributed by atoms with E-state index in [4.69, 9.17) is 14.2 Å². The Hall–Kier alpha value is -3.17. The van der Waals surface area contributed by atoms with Gasteiger partial charge in [0.25, 0.3) is 5.91 Å². The predicted molar refractivity (Wildman–Crippen MR) is 117 cm³/mol. The summed E-state index contributed by atoms with van der Waals surface area (Å²) in [6.07, 6.45) is -0.295. The zero-order valence-corrected chi connectivity index (χ0v) is 17.9. The maximum Gasteiger partial charge on any atom is 0.351 e. The Bertz CT molecular complexity index is 1110. The van der Waals surface area contributed by atoms with Crippen LogP contribution in [0.3, 0.4) is 0 Å². The largest absolute Gasteiger partial charge is 0.485 e. The number of para-hydroxylation sites is 2. The van der Waals surface area contributed by atoms with Crippen molar-refractivity contribution in [1.82, 2.24) is 5.01 Å². The summed E-state index contributed by atoms with van der Waals surface area (Å²) in [6.45, 7) is -0.379. The molecule has 2 aliphatic rings. The van der Waals surface area contributed by atoms with Gasteiger partial charge in [-0.05, 0) is 35.0 Å². The lowest BCUT2D eigenvalue weighted by Crippen LogP contribution is -2.40. The molecule has 2 atom stereocenters. The highest BCUT2D eigenvalue weighted by Gasteiger charge is 2.35. The van der Waals surface area contributed by atoms with Crippen molar-refractivity contribution < 1.29 is 23.8 Å². The van der Waals surface area contributed by atoms with Crippen LogP contribution in [0.15, 0.2) is 64.4 Å². The van der Waals surface area contributed by atoms with Crippen LogP contribution < -0.4 is 9.47 Å². The molecule has 9 heteroatoms. The number of hydrazone groups is 1. The van der Waals surface area contributed by atoms with Gasteiger partial charge in [0.05, 0.1) is 16.6 Å². The second-order valence-corrected chi connectivity index (χ2v) is 8.90. The van der Waals surface area contributed by atoms with Crippen LogP contribution in [0, 0.1) is 0 Å². The van der Waals surface area contributed by atoms with Crippen molar-refractivity contribution in [3.63, 3.8) is 0 Å². The summed E-state index contributed by atoms with van der Waals surface area (Å²) in [5.74, 6) is 0.0334. The first-order valence-electron chi connectivity index (χ1n) is 9.71. The molecule has 7 nitrogen and oxygen atoms in total. The van der Waals surface area contributed by atoms with Crippen LogP contribution >= 0.6 is 22.7 Å². The number of fused-ring (bicyclic) bond motifs is 1. The summed E-state index contributed by atoms with van der Waals surface area (Å²) in [5.41, 5.74) is 0.855. The monoisotopic (exact) mass is 454 g/mol. The number of amides is 1. The number of esters is 1. The van der Waals surface area contributed by atoms with Crippen molar-refractivity contribution in [3.8, 4) is 11.5 Å². The van der Waals surface area contributed by atoms with Crippen molar-refractivity contribution in [3.05, 3.63) is 69.0 Å². The number of hydrogen-bond acceptors (Lipinski definition) is 8. The molecule has 31 heavy (non-hydrogen) atoms. The Kier molecular flexibility index (Phi) is 5.44. The van der Waals surface area contributed by atoms with Gasteiger partial charge in [-0.25, -0.2) is 9.80 Å². The number of hydrogen-bond donors (Lipinski definition) is 0. The Labute approximate surface area is 186 Å². The summed E-state index contributed by atoms with van der Waals surface area (Å²) in [5, 5.41) is 9.94. The first-order chi connectivity index (χ1) is 15.2. The number of rotatable bonds is 5. The molecule has 0 radical (unpaired) electrons. The fourth-order valence-corrected chi connectivity index (χ4v) is 4.99. The highest BCUT2D eigenvalue weighted by molar-refractivity contribution is 7.12. The molecule has 0 fully saturated rings. The molecule has 2 aromatic heterocycles. The van der Waals surface area contributed by atoms with Crippen LogP contribution in [0.2, 0.25) is 0 Å².